The minimum atomic E-state index is -0.500. The van der Waals surface area contributed by atoms with Crippen molar-refractivity contribution in [3.63, 3.8) is 0 Å². The molecule has 0 fully saturated rings. The van der Waals surface area contributed by atoms with Crippen molar-refractivity contribution in [3.8, 4) is 12.3 Å². The molecule has 0 spiro atoms. The lowest BCUT2D eigenvalue weighted by Crippen LogP contribution is -2.12. The molecule has 1 heterocycles. The van der Waals surface area contributed by atoms with Gasteiger partial charge in [0.1, 0.15) is 5.69 Å². The highest BCUT2D eigenvalue weighted by molar-refractivity contribution is 5.90. The van der Waals surface area contributed by atoms with Gasteiger partial charge in [-0.1, -0.05) is 6.07 Å². The fourth-order valence-corrected chi connectivity index (χ4v) is 1.11. The zero-order valence-electron chi connectivity index (χ0n) is 7.86. The van der Waals surface area contributed by atoms with E-state index in [1.54, 1.807) is 12.3 Å². The van der Waals surface area contributed by atoms with Crippen molar-refractivity contribution in [3.05, 3.63) is 29.6 Å². The Bertz CT molecular complexity index is 349. The fraction of sp³-hybridized carbons (Fsp3) is 0.273. The number of aryl methyl sites for hydroxylation is 1. The molecule has 0 aliphatic carbocycles. The number of hydrogen-bond donors (Lipinski definition) is 1. The average molecular weight is 188 g/mol. The maximum Gasteiger partial charge on any atom is 0.267 e. The topological polar surface area (TPSA) is 56.0 Å². The van der Waals surface area contributed by atoms with Crippen molar-refractivity contribution in [1.29, 1.82) is 0 Å². The second kappa shape index (κ2) is 5.03. The smallest absolute Gasteiger partial charge is 0.267 e. The Kier molecular flexibility index (Phi) is 3.69. The molecule has 1 amide bonds. The summed E-state index contributed by atoms with van der Waals surface area (Å²) in [6.07, 6.45) is 9.38. The number of carbonyl (C=O) groups is 1. The van der Waals surface area contributed by atoms with Gasteiger partial charge in [-0.3, -0.25) is 9.78 Å². The van der Waals surface area contributed by atoms with E-state index in [1.807, 2.05) is 6.07 Å². The van der Waals surface area contributed by atoms with Crippen LogP contribution in [0.1, 0.15) is 28.9 Å². The number of carbonyl (C=O) groups excluding carboxylic acids is 1. The van der Waals surface area contributed by atoms with Crippen LogP contribution < -0.4 is 5.73 Å². The van der Waals surface area contributed by atoms with Gasteiger partial charge in [0.15, 0.2) is 0 Å². The number of aromatic nitrogens is 1. The Morgan fingerprint density at radius 3 is 2.86 bits per heavy atom. The van der Waals surface area contributed by atoms with Gasteiger partial charge < -0.3 is 5.73 Å². The van der Waals surface area contributed by atoms with E-state index >= 15 is 0 Å². The number of terminal acetylenes is 1. The lowest BCUT2D eigenvalue weighted by molar-refractivity contribution is 0.0995. The summed E-state index contributed by atoms with van der Waals surface area (Å²) in [6.45, 7) is 0. The predicted octanol–water partition coefficient (Wildman–Crippen LogP) is 1.14. The zero-order valence-corrected chi connectivity index (χ0v) is 7.86. The Morgan fingerprint density at radius 1 is 1.57 bits per heavy atom. The highest BCUT2D eigenvalue weighted by Crippen LogP contribution is 2.04. The first-order valence-corrected chi connectivity index (χ1v) is 4.42. The first kappa shape index (κ1) is 10.3. The van der Waals surface area contributed by atoms with Crippen molar-refractivity contribution >= 4 is 5.91 Å². The molecular formula is C11H12N2O. The van der Waals surface area contributed by atoms with Crippen molar-refractivity contribution in [2.24, 2.45) is 5.73 Å². The largest absolute Gasteiger partial charge is 0.364 e. The molecule has 1 aromatic heterocycles. The van der Waals surface area contributed by atoms with Crippen LogP contribution in [0.2, 0.25) is 0 Å². The normalized spacial score (nSPS) is 9.36. The molecule has 3 nitrogen and oxygen atoms in total. The van der Waals surface area contributed by atoms with Gasteiger partial charge in [-0.05, 0) is 24.5 Å². The van der Waals surface area contributed by atoms with E-state index in [9.17, 15) is 4.79 Å². The maximum atomic E-state index is 10.7. The van der Waals surface area contributed by atoms with Crippen LogP contribution in [-0.4, -0.2) is 10.9 Å². The molecule has 0 unspecified atom stereocenters. The Morgan fingerprint density at radius 2 is 2.36 bits per heavy atom. The number of rotatable bonds is 4. The summed E-state index contributed by atoms with van der Waals surface area (Å²) in [7, 11) is 0. The number of nitrogens with two attached hydrogens (primary N) is 1. The molecule has 0 aliphatic heterocycles. The summed E-state index contributed by atoms with van der Waals surface area (Å²) >= 11 is 0. The zero-order chi connectivity index (χ0) is 10.4. The highest BCUT2D eigenvalue weighted by Gasteiger charge is 2.00. The molecule has 72 valence electrons. The summed E-state index contributed by atoms with van der Waals surface area (Å²) in [5, 5.41) is 0. The fourth-order valence-electron chi connectivity index (χ4n) is 1.11. The van der Waals surface area contributed by atoms with E-state index in [-0.39, 0.29) is 0 Å². The molecule has 0 aromatic carbocycles. The third-order valence-corrected chi connectivity index (χ3v) is 1.86. The first-order valence-electron chi connectivity index (χ1n) is 4.42. The van der Waals surface area contributed by atoms with Gasteiger partial charge in [0.2, 0.25) is 0 Å². The van der Waals surface area contributed by atoms with Crippen LogP contribution in [0, 0.1) is 12.3 Å². The van der Waals surface area contributed by atoms with Crippen LogP contribution in [0.5, 0.6) is 0 Å². The van der Waals surface area contributed by atoms with Crippen LogP contribution in [0.25, 0.3) is 0 Å². The number of nitrogens with zero attached hydrogens (tertiary/aromatic N) is 1. The SMILES string of the molecule is C#CCCCc1ccc(C(N)=O)nc1. The Hall–Kier alpha value is -1.82. The molecule has 0 bridgehead atoms. The van der Waals surface area contributed by atoms with Crippen LogP contribution in [0.3, 0.4) is 0 Å². The number of pyridine rings is 1. The van der Waals surface area contributed by atoms with E-state index in [0.717, 1.165) is 24.8 Å². The van der Waals surface area contributed by atoms with Crippen molar-refractivity contribution in [2.45, 2.75) is 19.3 Å². The van der Waals surface area contributed by atoms with Crippen LogP contribution in [0.15, 0.2) is 18.3 Å². The average Bonchev–Trinajstić information content (AvgIpc) is 2.19. The minimum absolute atomic E-state index is 0.297. The van der Waals surface area contributed by atoms with Gasteiger partial charge in [-0.15, -0.1) is 12.3 Å². The minimum Gasteiger partial charge on any atom is -0.364 e. The molecule has 0 saturated heterocycles. The van der Waals surface area contributed by atoms with Crippen molar-refractivity contribution < 1.29 is 4.79 Å². The van der Waals surface area contributed by atoms with E-state index in [0.29, 0.717) is 5.69 Å². The van der Waals surface area contributed by atoms with Crippen LogP contribution in [0.4, 0.5) is 0 Å². The number of unbranched alkanes of at least 4 members (excludes halogenated alkanes) is 1. The second-order valence-corrected chi connectivity index (χ2v) is 2.97. The summed E-state index contributed by atoms with van der Waals surface area (Å²) in [5.74, 6) is 2.07. The van der Waals surface area contributed by atoms with Gasteiger partial charge in [-0.2, -0.15) is 0 Å². The lowest BCUT2D eigenvalue weighted by Gasteiger charge is -1.99. The predicted molar refractivity (Wildman–Crippen MR) is 54.5 cm³/mol. The number of primary amides is 1. The third kappa shape index (κ3) is 2.91. The summed E-state index contributed by atoms with van der Waals surface area (Å²) in [4.78, 5) is 14.6. The number of hydrogen-bond acceptors (Lipinski definition) is 2. The van der Waals surface area contributed by atoms with E-state index in [1.165, 1.54) is 0 Å². The summed E-state index contributed by atoms with van der Waals surface area (Å²) < 4.78 is 0. The molecule has 3 heteroatoms. The first-order chi connectivity index (χ1) is 6.74. The Labute approximate surface area is 83.3 Å². The maximum absolute atomic E-state index is 10.7. The number of amides is 1. The molecule has 2 N–H and O–H groups in total. The van der Waals surface area contributed by atoms with Crippen molar-refractivity contribution in [1.82, 2.24) is 4.98 Å². The Balaban J connectivity index is 2.56. The van der Waals surface area contributed by atoms with Gasteiger partial charge in [0.05, 0.1) is 0 Å². The van der Waals surface area contributed by atoms with Gasteiger partial charge >= 0.3 is 0 Å². The molecule has 1 aromatic rings. The molecule has 14 heavy (non-hydrogen) atoms. The second-order valence-electron chi connectivity index (χ2n) is 2.97. The standard InChI is InChI=1S/C11H12N2O/c1-2-3-4-5-9-6-7-10(11(12)14)13-8-9/h1,6-8H,3-5H2,(H2,12,14). The quantitative estimate of drug-likeness (QED) is 0.569. The van der Waals surface area contributed by atoms with Crippen LogP contribution in [-0.2, 0) is 6.42 Å². The van der Waals surface area contributed by atoms with Gasteiger partial charge in [0, 0.05) is 12.6 Å². The highest BCUT2D eigenvalue weighted by atomic mass is 16.1. The van der Waals surface area contributed by atoms with E-state index in [4.69, 9.17) is 12.2 Å². The molecule has 1 rings (SSSR count). The van der Waals surface area contributed by atoms with Crippen LogP contribution >= 0.6 is 0 Å². The van der Waals surface area contributed by atoms with Gasteiger partial charge in [-0.25, -0.2) is 0 Å². The van der Waals surface area contributed by atoms with E-state index < -0.39 is 5.91 Å². The molecule has 0 atom stereocenters. The third-order valence-electron chi connectivity index (χ3n) is 1.86. The summed E-state index contributed by atoms with van der Waals surface area (Å²) in [6, 6.07) is 3.48. The molecular weight excluding hydrogens is 176 g/mol. The monoisotopic (exact) mass is 188 g/mol. The lowest BCUT2D eigenvalue weighted by atomic mass is 10.1. The van der Waals surface area contributed by atoms with E-state index in [2.05, 4.69) is 10.9 Å². The van der Waals surface area contributed by atoms with Crippen molar-refractivity contribution in [2.75, 3.05) is 0 Å². The molecule has 0 aliphatic rings. The summed E-state index contributed by atoms with van der Waals surface area (Å²) in [5.41, 5.74) is 6.43. The van der Waals surface area contributed by atoms with Gasteiger partial charge in [0.25, 0.3) is 5.91 Å². The molecule has 0 saturated carbocycles. The molecule has 0 radical (unpaired) electrons.